The number of hydrogen-bond acceptors (Lipinski definition) is 5. The first-order chi connectivity index (χ1) is 9.03. The van der Waals surface area contributed by atoms with Crippen molar-refractivity contribution < 1.29 is 19.1 Å². The van der Waals surface area contributed by atoms with Crippen LogP contribution in [0.3, 0.4) is 0 Å². The van der Waals surface area contributed by atoms with Gasteiger partial charge in [0.05, 0.1) is 25.5 Å². The fraction of sp³-hybridized carbons (Fsp3) is 0.385. The standard InChI is InChI=1S/C13H16ClNO4/c1-4-10(13(17)19-3)15-11-7-8(14)5-6-9(11)12(16)18-2/h5-7,10,15H,4H2,1-3H3. The molecule has 0 aliphatic rings. The van der Waals surface area contributed by atoms with Gasteiger partial charge >= 0.3 is 11.9 Å². The molecule has 0 saturated heterocycles. The maximum Gasteiger partial charge on any atom is 0.339 e. The molecule has 0 saturated carbocycles. The Bertz CT molecular complexity index is 476. The Hall–Kier alpha value is -1.75. The van der Waals surface area contributed by atoms with Crippen molar-refractivity contribution in [2.24, 2.45) is 0 Å². The maximum atomic E-state index is 11.6. The molecule has 0 aliphatic heterocycles. The van der Waals surface area contributed by atoms with E-state index in [0.717, 1.165) is 0 Å². The van der Waals surface area contributed by atoms with E-state index < -0.39 is 18.0 Å². The van der Waals surface area contributed by atoms with Crippen LogP contribution in [-0.2, 0) is 14.3 Å². The third kappa shape index (κ3) is 3.86. The summed E-state index contributed by atoms with van der Waals surface area (Å²) in [5, 5.41) is 3.40. The van der Waals surface area contributed by atoms with Gasteiger partial charge in [-0.1, -0.05) is 18.5 Å². The molecule has 0 aromatic heterocycles. The summed E-state index contributed by atoms with van der Waals surface area (Å²) in [6.07, 6.45) is 0.514. The summed E-state index contributed by atoms with van der Waals surface area (Å²) in [4.78, 5) is 23.2. The number of anilines is 1. The topological polar surface area (TPSA) is 64.6 Å². The molecule has 6 heteroatoms. The highest BCUT2D eigenvalue weighted by Gasteiger charge is 2.20. The summed E-state index contributed by atoms with van der Waals surface area (Å²) in [5.74, 6) is -0.905. The van der Waals surface area contributed by atoms with Gasteiger partial charge < -0.3 is 14.8 Å². The lowest BCUT2D eigenvalue weighted by molar-refractivity contribution is -0.141. The monoisotopic (exact) mass is 285 g/mol. The van der Waals surface area contributed by atoms with Crippen LogP contribution in [0.2, 0.25) is 5.02 Å². The van der Waals surface area contributed by atoms with E-state index in [4.69, 9.17) is 11.6 Å². The van der Waals surface area contributed by atoms with Crippen molar-refractivity contribution in [3.8, 4) is 0 Å². The van der Waals surface area contributed by atoms with Crippen molar-refractivity contribution in [2.75, 3.05) is 19.5 Å². The predicted molar refractivity (Wildman–Crippen MR) is 72.5 cm³/mol. The average molecular weight is 286 g/mol. The molecule has 5 nitrogen and oxygen atoms in total. The molecule has 0 fully saturated rings. The van der Waals surface area contributed by atoms with Gasteiger partial charge in [0.25, 0.3) is 0 Å². The second kappa shape index (κ2) is 6.99. The number of carbonyl (C=O) groups is 2. The van der Waals surface area contributed by atoms with Crippen LogP contribution in [0.15, 0.2) is 18.2 Å². The summed E-state index contributed by atoms with van der Waals surface area (Å²) >= 11 is 5.90. The van der Waals surface area contributed by atoms with Crippen molar-refractivity contribution in [1.29, 1.82) is 0 Å². The van der Waals surface area contributed by atoms with E-state index >= 15 is 0 Å². The Morgan fingerprint density at radius 1 is 1.32 bits per heavy atom. The third-order valence-corrected chi connectivity index (χ3v) is 2.85. The number of nitrogens with one attached hydrogen (secondary N) is 1. The van der Waals surface area contributed by atoms with Crippen molar-refractivity contribution in [1.82, 2.24) is 0 Å². The van der Waals surface area contributed by atoms with Gasteiger partial charge in [0.15, 0.2) is 0 Å². The molecule has 1 unspecified atom stereocenters. The van der Waals surface area contributed by atoms with Gasteiger partial charge in [0.1, 0.15) is 6.04 Å². The molecule has 0 bridgehead atoms. The molecule has 104 valence electrons. The summed E-state index contributed by atoms with van der Waals surface area (Å²) in [5.41, 5.74) is 0.755. The fourth-order valence-corrected chi connectivity index (χ4v) is 1.75. The molecule has 19 heavy (non-hydrogen) atoms. The van der Waals surface area contributed by atoms with Crippen LogP contribution in [0, 0.1) is 0 Å². The van der Waals surface area contributed by atoms with E-state index in [1.165, 1.54) is 14.2 Å². The van der Waals surface area contributed by atoms with Gasteiger partial charge in [-0.25, -0.2) is 9.59 Å². The quantitative estimate of drug-likeness (QED) is 0.842. The molecule has 1 aromatic rings. The maximum absolute atomic E-state index is 11.6. The van der Waals surface area contributed by atoms with Crippen LogP contribution in [0.25, 0.3) is 0 Å². The Morgan fingerprint density at radius 3 is 2.53 bits per heavy atom. The van der Waals surface area contributed by atoms with Crippen LogP contribution < -0.4 is 5.32 Å². The van der Waals surface area contributed by atoms with E-state index in [-0.39, 0.29) is 0 Å². The first-order valence-electron chi connectivity index (χ1n) is 5.75. The fourth-order valence-electron chi connectivity index (χ4n) is 1.58. The lowest BCUT2D eigenvalue weighted by Crippen LogP contribution is -2.30. The van der Waals surface area contributed by atoms with Gasteiger partial charge in [0, 0.05) is 5.02 Å². The zero-order valence-corrected chi connectivity index (χ0v) is 11.8. The van der Waals surface area contributed by atoms with Gasteiger partial charge in [-0.2, -0.15) is 0 Å². The van der Waals surface area contributed by atoms with Crippen molar-refractivity contribution in [3.63, 3.8) is 0 Å². The highest BCUT2D eigenvalue weighted by molar-refractivity contribution is 6.31. The SMILES string of the molecule is CCC(Nc1cc(Cl)ccc1C(=O)OC)C(=O)OC. The van der Waals surface area contributed by atoms with Gasteiger partial charge in [-0.3, -0.25) is 0 Å². The van der Waals surface area contributed by atoms with E-state index in [2.05, 4.69) is 14.8 Å². The van der Waals surface area contributed by atoms with Crippen LogP contribution in [0.4, 0.5) is 5.69 Å². The number of benzene rings is 1. The van der Waals surface area contributed by atoms with Gasteiger partial charge in [-0.15, -0.1) is 0 Å². The molecule has 1 atom stereocenters. The summed E-state index contributed by atoms with van der Waals surface area (Å²) in [6.45, 7) is 1.83. The predicted octanol–water partition coefficient (Wildman–Crippen LogP) is 2.49. The van der Waals surface area contributed by atoms with Gasteiger partial charge in [0.2, 0.25) is 0 Å². The molecular formula is C13H16ClNO4. The summed E-state index contributed by atoms with van der Waals surface area (Å²) in [6, 6.07) is 4.14. The van der Waals surface area contributed by atoms with E-state index in [9.17, 15) is 9.59 Å². The number of esters is 2. The average Bonchev–Trinajstić information content (AvgIpc) is 2.43. The zero-order valence-electron chi connectivity index (χ0n) is 11.0. The zero-order chi connectivity index (χ0) is 14.4. The smallest absolute Gasteiger partial charge is 0.339 e. The van der Waals surface area contributed by atoms with Gasteiger partial charge in [-0.05, 0) is 24.6 Å². The van der Waals surface area contributed by atoms with Crippen LogP contribution in [-0.4, -0.2) is 32.2 Å². The molecular weight excluding hydrogens is 270 g/mol. The number of rotatable bonds is 5. The van der Waals surface area contributed by atoms with Crippen LogP contribution >= 0.6 is 11.6 Å². The Morgan fingerprint density at radius 2 is 2.00 bits per heavy atom. The summed E-state index contributed by atoms with van der Waals surface area (Å²) in [7, 11) is 2.60. The largest absolute Gasteiger partial charge is 0.467 e. The number of hydrogen-bond donors (Lipinski definition) is 1. The number of ether oxygens (including phenoxy) is 2. The minimum atomic E-state index is -0.549. The van der Waals surface area contributed by atoms with Crippen molar-refractivity contribution >= 4 is 29.2 Å². The Kier molecular flexibility index (Phi) is 5.63. The second-order valence-electron chi connectivity index (χ2n) is 3.81. The van der Waals surface area contributed by atoms with E-state index in [1.807, 2.05) is 6.92 Å². The molecule has 0 amide bonds. The van der Waals surface area contributed by atoms with E-state index in [0.29, 0.717) is 22.7 Å². The van der Waals surface area contributed by atoms with Crippen molar-refractivity contribution in [2.45, 2.75) is 19.4 Å². The number of halogens is 1. The number of carbonyl (C=O) groups excluding carboxylic acids is 2. The first-order valence-corrected chi connectivity index (χ1v) is 6.13. The normalized spacial score (nSPS) is 11.6. The Balaban J connectivity index is 3.07. The second-order valence-corrected chi connectivity index (χ2v) is 4.25. The molecule has 1 aromatic carbocycles. The minimum Gasteiger partial charge on any atom is -0.467 e. The third-order valence-electron chi connectivity index (χ3n) is 2.61. The highest BCUT2D eigenvalue weighted by atomic mass is 35.5. The molecule has 1 N–H and O–H groups in total. The lowest BCUT2D eigenvalue weighted by atomic mass is 10.1. The minimum absolute atomic E-state index is 0.314. The van der Waals surface area contributed by atoms with E-state index in [1.54, 1.807) is 18.2 Å². The molecule has 0 radical (unpaired) electrons. The first kappa shape index (κ1) is 15.3. The van der Waals surface area contributed by atoms with Crippen molar-refractivity contribution in [3.05, 3.63) is 28.8 Å². The summed E-state index contributed by atoms with van der Waals surface area (Å²) < 4.78 is 9.36. The molecule has 0 aliphatic carbocycles. The van der Waals surface area contributed by atoms with Crippen LogP contribution in [0.1, 0.15) is 23.7 Å². The highest BCUT2D eigenvalue weighted by Crippen LogP contribution is 2.23. The molecule has 1 rings (SSSR count). The molecule has 0 heterocycles. The number of methoxy groups -OCH3 is 2. The Labute approximate surface area is 116 Å². The lowest BCUT2D eigenvalue weighted by Gasteiger charge is -2.18. The molecule has 0 spiro atoms. The van der Waals surface area contributed by atoms with Crippen LogP contribution in [0.5, 0.6) is 0 Å².